The second kappa shape index (κ2) is 7.50. The van der Waals surface area contributed by atoms with Crippen molar-refractivity contribution < 1.29 is 9.59 Å². The van der Waals surface area contributed by atoms with Gasteiger partial charge >= 0.3 is 0 Å². The smallest absolute Gasteiger partial charge is 0.224 e. The number of nitrogens with zero attached hydrogens (tertiary/aromatic N) is 1. The van der Waals surface area contributed by atoms with Crippen LogP contribution in [0.15, 0.2) is 24.3 Å². The summed E-state index contributed by atoms with van der Waals surface area (Å²) in [6.07, 6.45) is 2.75. The Balaban J connectivity index is 2.13. The van der Waals surface area contributed by atoms with E-state index in [0.29, 0.717) is 6.42 Å². The zero-order chi connectivity index (χ0) is 15.2. The summed E-state index contributed by atoms with van der Waals surface area (Å²) in [5.41, 5.74) is 1.91. The molecule has 2 amide bonds. The molecule has 114 valence electrons. The highest BCUT2D eigenvalue weighted by Gasteiger charge is 2.29. The van der Waals surface area contributed by atoms with Crippen molar-refractivity contribution in [1.29, 1.82) is 0 Å². The van der Waals surface area contributed by atoms with Crippen LogP contribution in [0, 0.1) is 0 Å². The maximum atomic E-state index is 12.2. The van der Waals surface area contributed by atoms with Crippen molar-refractivity contribution in [2.45, 2.75) is 38.5 Å². The number of thioether (sulfide) groups is 1. The summed E-state index contributed by atoms with van der Waals surface area (Å²) in [6.45, 7) is 4.45. The molecule has 1 aromatic rings. The van der Waals surface area contributed by atoms with E-state index in [9.17, 15) is 9.59 Å². The Kier molecular flexibility index (Phi) is 5.67. The fourth-order valence-electron chi connectivity index (χ4n) is 2.40. The molecule has 2 rings (SSSR count). The second-order valence-electron chi connectivity index (χ2n) is 5.22. The van der Waals surface area contributed by atoms with Crippen molar-refractivity contribution in [3.63, 3.8) is 0 Å². The van der Waals surface area contributed by atoms with Gasteiger partial charge in [-0.15, -0.1) is 11.8 Å². The van der Waals surface area contributed by atoms with Gasteiger partial charge in [-0.3, -0.25) is 9.59 Å². The zero-order valence-electron chi connectivity index (χ0n) is 12.6. The first-order valence-electron chi connectivity index (χ1n) is 7.40. The maximum absolute atomic E-state index is 12.2. The molecule has 0 bridgehead atoms. The summed E-state index contributed by atoms with van der Waals surface area (Å²) in [4.78, 5) is 25.2. The number of hydrogen-bond acceptors (Lipinski definition) is 3. The van der Waals surface area contributed by atoms with Crippen LogP contribution in [0.5, 0.6) is 0 Å². The van der Waals surface area contributed by atoms with Crippen molar-refractivity contribution in [2.24, 2.45) is 0 Å². The van der Waals surface area contributed by atoms with Gasteiger partial charge in [0.2, 0.25) is 11.8 Å². The molecular weight excluding hydrogens is 284 g/mol. The molecule has 5 heteroatoms. The van der Waals surface area contributed by atoms with Gasteiger partial charge in [-0.05, 0) is 24.1 Å². The molecule has 21 heavy (non-hydrogen) atoms. The topological polar surface area (TPSA) is 49.4 Å². The minimum Gasteiger partial charge on any atom is -0.327 e. The number of anilines is 1. The van der Waals surface area contributed by atoms with E-state index in [-0.39, 0.29) is 17.2 Å². The molecule has 1 aliphatic rings. The molecule has 0 aromatic heterocycles. The predicted molar refractivity (Wildman–Crippen MR) is 87.2 cm³/mol. The average Bonchev–Trinajstić information content (AvgIpc) is 2.46. The van der Waals surface area contributed by atoms with Gasteiger partial charge < -0.3 is 10.2 Å². The minimum atomic E-state index is -0.0745. The molecule has 1 aromatic carbocycles. The molecule has 4 nitrogen and oxygen atoms in total. The molecule has 1 N–H and O–H groups in total. The van der Waals surface area contributed by atoms with Crippen LogP contribution in [0.4, 0.5) is 5.69 Å². The van der Waals surface area contributed by atoms with Crippen LogP contribution in [0.2, 0.25) is 0 Å². The number of benzene rings is 1. The highest BCUT2D eigenvalue weighted by Crippen LogP contribution is 2.37. The van der Waals surface area contributed by atoms with Crippen LogP contribution in [-0.2, 0) is 9.59 Å². The van der Waals surface area contributed by atoms with E-state index in [2.05, 4.69) is 12.2 Å². The molecule has 1 atom stereocenters. The molecular formula is C16H22N2O2S. The van der Waals surface area contributed by atoms with Gasteiger partial charge in [-0.1, -0.05) is 25.5 Å². The molecule has 1 heterocycles. The Bertz CT molecular complexity index is 502. The Morgan fingerprint density at radius 1 is 1.38 bits per heavy atom. The molecule has 0 saturated carbocycles. The highest BCUT2D eigenvalue weighted by atomic mass is 32.2. The van der Waals surface area contributed by atoms with Gasteiger partial charge in [0, 0.05) is 31.3 Å². The maximum Gasteiger partial charge on any atom is 0.224 e. The number of carbonyl (C=O) groups excluding carboxylic acids is 2. The quantitative estimate of drug-likeness (QED) is 0.907. The van der Waals surface area contributed by atoms with Crippen molar-refractivity contribution in [3.05, 3.63) is 29.8 Å². The normalized spacial score (nSPS) is 18.7. The fraction of sp³-hybridized carbons (Fsp3) is 0.500. The first-order valence-corrected chi connectivity index (χ1v) is 8.45. The minimum absolute atomic E-state index is 0.0745. The summed E-state index contributed by atoms with van der Waals surface area (Å²) in [6, 6.07) is 7.80. The van der Waals surface area contributed by atoms with Gasteiger partial charge in [0.1, 0.15) is 5.37 Å². The Hall–Kier alpha value is -1.49. The van der Waals surface area contributed by atoms with Crippen molar-refractivity contribution in [2.75, 3.05) is 17.6 Å². The lowest BCUT2D eigenvalue weighted by Gasteiger charge is -2.35. The zero-order valence-corrected chi connectivity index (χ0v) is 13.4. The number of carbonyl (C=O) groups is 2. The summed E-state index contributed by atoms with van der Waals surface area (Å²) >= 11 is 1.82. The predicted octanol–water partition coefficient (Wildman–Crippen LogP) is 3.41. The van der Waals surface area contributed by atoms with E-state index in [0.717, 1.165) is 36.4 Å². The van der Waals surface area contributed by atoms with E-state index in [1.807, 2.05) is 40.9 Å². The van der Waals surface area contributed by atoms with Crippen LogP contribution < -0.4 is 5.32 Å². The first kappa shape index (κ1) is 15.9. The molecule has 1 unspecified atom stereocenters. The number of rotatable bonds is 5. The lowest BCUT2D eigenvalue weighted by molar-refractivity contribution is -0.132. The van der Waals surface area contributed by atoms with Gasteiger partial charge in [-0.25, -0.2) is 0 Å². The molecule has 1 aliphatic heterocycles. The number of unbranched alkanes of at least 4 members (excludes halogenated alkanes) is 1. The molecule has 0 aliphatic carbocycles. The van der Waals surface area contributed by atoms with E-state index in [4.69, 9.17) is 0 Å². The first-order chi connectivity index (χ1) is 10.1. The number of amides is 2. The van der Waals surface area contributed by atoms with E-state index >= 15 is 0 Å². The van der Waals surface area contributed by atoms with Crippen LogP contribution in [0.25, 0.3) is 0 Å². The van der Waals surface area contributed by atoms with Crippen LogP contribution >= 0.6 is 11.8 Å². The van der Waals surface area contributed by atoms with Crippen molar-refractivity contribution >= 4 is 29.3 Å². The average molecular weight is 306 g/mol. The van der Waals surface area contributed by atoms with Crippen LogP contribution in [0.3, 0.4) is 0 Å². The molecule has 1 saturated heterocycles. The fourth-order valence-corrected chi connectivity index (χ4v) is 3.67. The SMILES string of the molecule is CCCCN1C(=O)CCSC1c1ccc(NC(C)=O)cc1. The van der Waals surface area contributed by atoms with Gasteiger partial charge in [0.25, 0.3) is 0 Å². The van der Waals surface area contributed by atoms with Crippen molar-refractivity contribution in [1.82, 2.24) is 4.90 Å². The highest BCUT2D eigenvalue weighted by molar-refractivity contribution is 7.99. The van der Waals surface area contributed by atoms with Gasteiger partial charge in [0.05, 0.1) is 0 Å². The third-order valence-electron chi connectivity index (χ3n) is 3.46. The summed E-state index contributed by atoms with van der Waals surface area (Å²) in [7, 11) is 0. The van der Waals surface area contributed by atoms with Crippen molar-refractivity contribution in [3.8, 4) is 0 Å². The Morgan fingerprint density at radius 3 is 2.71 bits per heavy atom. The van der Waals surface area contributed by atoms with E-state index < -0.39 is 0 Å². The lowest BCUT2D eigenvalue weighted by Crippen LogP contribution is -2.37. The Morgan fingerprint density at radius 2 is 2.10 bits per heavy atom. The third-order valence-corrected chi connectivity index (χ3v) is 4.75. The lowest BCUT2D eigenvalue weighted by atomic mass is 10.1. The van der Waals surface area contributed by atoms with Crippen LogP contribution in [-0.4, -0.2) is 29.0 Å². The van der Waals surface area contributed by atoms with Gasteiger partial charge in [-0.2, -0.15) is 0 Å². The summed E-state index contributed by atoms with van der Waals surface area (Å²) in [5, 5.41) is 2.86. The number of hydrogen-bond donors (Lipinski definition) is 1. The molecule has 0 radical (unpaired) electrons. The summed E-state index contributed by atoms with van der Waals surface area (Å²) < 4.78 is 0. The largest absolute Gasteiger partial charge is 0.327 e. The van der Waals surface area contributed by atoms with E-state index in [1.54, 1.807) is 0 Å². The van der Waals surface area contributed by atoms with Gasteiger partial charge in [0.15, 0.2) is 0 Å². The second-order valence-corrected chi connectivity index (χ2v) is 6.41. The number of nitrogens with one attached hydrogen (secondary N) is 1. The standard InChI is InChI=1S/C16H22N2O2S/c1-3-4-10-18-15(20)9-11-21-16(18)13-5-7-14(8-6-13)17-12(2)19/h5-8,16H,3-4,9-11H2,1-2H3,(H,17,19). The monoisotopic (exact) mass is 306 g/mol. The molecule has 0 spiro atoms. The summed E-state index contributed by atoms with van der Waals surface area (Å²) in [5.74, 6) is 1.05. The molecule has 1 fully saturated rings. The third kappa shape index (κ3) is 4.24. The van der Waals surface area contributed by atoms with E-state index in [1.165, 1.54) is 6.92 Å². The Labute approximate surface area is 130 Å². The van der Waals surface area contributed by atoms with Crippen LogP contribution in [0.1, 0.15) is 44.0 Å².